The summed E-state index contributed by atoms with van der Waals surface area (Å²) in [6.07, 6.45) is -5.55. The number of carbonyl (C=O) groups is 2. The minimum Gasteiger partial charge on any atom is -0.504 e. The standard InChI is InChI=1S/C25H38N4O9/c1-24(2,11-27-28-26)13-36-14-25(3,4)12-29(5)21(33)15-7-8-18(16(30)9-15)37-23-20(32)17(31)10-19(38-23)22(34)35-6/h7-9,17,19-20,23,30-32H,10-14H2,1-6H3/t17-,19-,20+,23+/m0/s1. The highest BCUT2D eigenvalue weighted by Gasteiger charge is 2.42. The summed E-state index contributed by atoms with van der Waals surface area (Å²) in [4.78, 5) is 29.1. The molecule has 0 aliphatic carbocycles. The number of aliphatic hydroxyl groups is 2. The predicted octanol–water partition coefficient (Wildman–Crippen LogP) is 2.23. The SMILES string of the molecule is COC(=O)[C@@H]1C[C@H](O)[C@@H](O)[C@H](Oc2ccc(C(=O)N(C)CC(C)(C)COCC(C)(C)CN=[N+]=[N-])cc2O)O1. The van der Waals surface area contributed by atoms with Crippen molar-refractivity contribution in [2.24, 2.45) is 15.9 Å². The van der Waals surface area contributed by atoms with Crippen LogP contribution in [0.2, 0.25) is 0 Å². The molecule has 0 radical (unpaired) electrons. The molecule has 1 aliphatic rings. The van der Waals surface area contributed by atoms with Crippen LogP contribution in [-0.2, 0) is 19.0 Å². The van der Waals surface area contributed by atoms with Crippen molar-refractivity contribution in [2.75, 3.05) is 40.5 Å². The normalized spacial score (nSPS) is 21.8. The number of nitrogens with zero attached hydrogens (tertiary/aromatic N) is 4. The number of hydrogen-bond donors (Lipinski definition) is 3. The van der Waals surface area contributed by atoms with Crippen molar-refractivity contribution in [3.05, 3.63) is 34.2 Å². The van der Waals surface area contributed by atoms with E-state index in [0.29, 0.717) is 26.3 Å². The lowest BCUT2D eigenvalue weighted by Gasteiger charge is -2.35. The molecule has 38 heavy (non-hydrogen) atoms. The highest BCUT2D eigenvalue weighted by atomic mass is 16.7. The third-order valence-electron chi connectivity index (χ3n) is 5.90. The summed E-state index contributed by atoms with van der Waals surface area (Å²) in [7, 11) is 2.80. The second-order valence-electron chi connectivity index (χ2n) is 11.0. The fraction of sp³-hybridized carbons (Fsp3) is 0.680. The van der Waals surface area contributed by atoms with Crippen LogP contribution in [-0.4, -0.2) is 97.2 Å². The van der Waals surface area contributed by atoms with Crippen molar-refractivity contribution in [3.63, 3.8) is 0 Å². The highest BCUT2D eigenvalue weighted by molar-refractivity contribution is 5.94. The van der Waals surface area contributed by atoms with E-state index in [-0.39, 0.29) is 34.8 Å². The average molecular weight is 539 g/mol. The topological polar surface area (TPSA) is 184 Å². The van der Waals surface area contributed by atoms with Crippen LogP contribution in [0.3, 0.4) is 0 Å². The van der Waals surface area contributed by atoms with Gasteiger partial charge < -0.3 is 39.2 Å². The van der Waals surface area contributed by atoms with Gasteiger partial charge in [-0.2, -0.15) is 0 Å². The van der Waals surface area contributed by atoms with Crippen LogP contribution >= 0.6 is 0 Å². The molecule has 0 unspecified atom stereocenters. The lowest BCUT2D eigenvalue weighted by molar-refractivity contribution is -0.239. The minimum absolute atomic E-state index is 0.108. The Labute approximate surface area is 221 Å². The summed E-state index contributed by atoms with van der Waals surface area (Å²) in [6.45, 7) is 9.20. The van der Waals surface area contributed by atoms with Gasteiger partial charge in [0, 0.05) is 42.4 Å². The van der Waals surface area contributed by atoms with Gasteiger partial charge in [-0.1, -0.05) is 32.8 Å². The zero-order valence-corrected chi connectivity index (χ0v) is 22.7. The average Bonchev–Trinajstić information content (AvgIpc) is 2.84. The van der Waals surface area contributed by atoms with E-state index in [4.69, 9.17) is 19.7 Å². The first-order valence-corrected chi connectivity index (χ1v) is 12.1. The fourth-order valence-corrected chi connectivity index (χ4v) is 3.95. The molecule has 1 saturated heterocycles. The number of hydrogen-bond acceptors (Lipinski definition) is 10. The monoisotopic (exact) mass is 538 g/mol. The summed E-state index contributed by atoms with van der Waals surface area (Å²) < 4.78 is 21.4. The molecule has 2 rings (SSSR count). The molecule has 4 atom stereocenters. The smallest absolute Gasteiger partial charge is 0.335 e. The number of phenolic OH excluding ortho intramolecular Hbond substituents is 1. The quantitative estimate of drug-likeness (QED) is 0.155. The van der Waals surface area contributed by atoms with E-state index in [1.54, 1.807) is 7.05 Å². The Hall–Kier alpha value is -3.09. The Morgan fingerprint density at radius 3 is 2.47 bits per heavy atom. The molecule has 1 fully saturated rings. The molecule has 13 nitrogen and oxygen atoms in total. The summed E-state index contributed by atoms with van der Waals surface area (Å²) >= 11 is 0. The molecule has 0 bridgehead atoms. The first-order chi connectivity index (χ1) is 17.7. The maximum absolute atomic E-state index is 13.0. The second kappa shape index (κ2) is 13.1. The van der Waals surface area contributed by atoms with Crippen LogP contribution in [0.15, 0.2) is 23.3 Å². The molecule has 212 valence electrons. The number of amides is 1. The van der Waals surface area contributed by atoms with Crippen LogP contribution in [0.25, 0.3) is 10.4 Å². The van der Waals surface area contributed by atoms with Gasteiger partial charge in [-0.05, 0) is 29.1 Å². The van der Waals surface area contributed by atoms with Crippen LogP contribution in [0.5, 0.6) is 11.5 Å². The third-order valence-corrected chi connectivity index (χ3v) is 5.90. The van der Waals surface area contributed by atoms with Crippen LogP contribution in [0, 0.1) is 10.8 Å². The molecule has 3 N–H and O–H groups in total. The molecule has 1 aliphatic heterocycles. The molecule has 1 aromatic rings. The number of aliphatic hydroxyl groups excluding tert-OH is 2. The molecule has 1 aromatic carbocycles. The zero-order chi connectivity index (χ0) is 28.7. The molecular weight excluding hydrogens is 500 g/mol. The van der Waals surface area contributed by atoms with Gasteiger partial charge in [-0.15, -0.1) is 0 Å². The Bertz CT molecular complexity index is 1030. The van der Waals surface area contributed by atoms with Crippen LogP contribution in [0.4, 0.5) is 0 Å². The Morgan fingerprint density at radius 2 is 1.87 bits per heavy atom. The maximum atomic E-state index is 13.0. The number of aromatic hydroxyl groups is 1. The van der Waals surface area contributed by atoms with Crippen molar-refractivity contribution in [3.8, 4) is 11.5 Å². The molecule has 0 saturated carbocycles. The summed E-state index contributed by atoms with van der Waals surface area (Å²) in [6, 6.07) is 4.00. The number of methoxy groups -OCH3 is 1. The Morgan fingerprint density at radius 1 is 1.21 bits per heavy atom. The van der Waals surface area contributed by atoms with Gasteiger partial charge in [0.25, 0.3) is 5.91 Å². The molecule has 0 aromatic heterocycles. The van der Waals surface area contributed by atoms with Gasteiger partial charge in [-0.3, -0.25) is 4.79 Å². The van der Waals surface area contributed by atoms with Crippen molar-refractivity contribution >= 4 is 11.9 Å². The lowest BCUT2D eigenvalue weighted by atomic mass is 9.92. The van der Waals surface area contributed by atoms with Crippen molar-refractivity contribution in [1.82, 2.24) is 4.90 Å². The molecule has 1 amide bonds. The van der Waals surface area contributed by atoms with E-state index >= 15 is 0 Å². The molecule has 0 spiro atoms. The minimum atomic E-state index is -1.48. The summed E-state index contributed by atoms with van der Waals surface area (Å²) in [5, 5.41) is 34.3. The van der Waals surface area contributed by atoms with E-state index in [1.165, 1.54) is 30.2 Å². The van der Waals surface area contributed by atoms with Gasteiger partial charge in [0.1, 0.15) is 6.10 Å². The Balaban J connectivity index is 2.00. The molecule has 1 heterocycles. The van der Waals surface area contributed by atoms with Gasteiger partial charge in [0.2, 0.25) is 6.29 Å². The molecular formula is C25H38N4O9. The van der Waals surface area contributed by atoms with Gasteiger partial charge in [0.15, 0.2) is 17.6 Å². The van der Waals surface area contributed by atoms with E-state index in [1.807, 2.05) is 27.7 Å². The van der Waals surface area contributed by atoms with Crippen molar-refractivity contribution in [1.29, 1.82) is 0 Å². The number of ether oxygens (including phenoxy) is 4. The fourth-order valence-electron chi connectivity index (χ4n) is 3.95. The number of benzene rings is 1. The third kappa shape index (κ3) is 8.74. The highest BCUT2D eigenvalue weighted by Crippen LogP contribution is 2.32. The lowest BCUT2D eigenvalue weighted by Crippen LogP contribution is -2.53. The number of rotatable bonds is 12. The van der Waals surface area contributed by atoms with Gasteiger partial charge in [-0.25, -0.2) is 4.79 Å². The number of phenols is 1. The van der Waals surface area contributed by atoms with Gasteiger partial charge >= 0.3 is 5.97 Å². The van der Waals surface area contributed by atoms with E-state index in [2.05, 4.69) is 14.8 Å². The van der Waals surface area contributed by atoms with Crippen LogP contribution < -0.4 is 4.74 Å². The summed E-state index contributed by atoms with van der Waals surface area (Å²) in [5.74, 6) is -1.58. The van der Waals surface area contributed by atoms with Crippen molar-refractivity contribution in [2.45, 2.75) is 58.7 Å². The first kappa shape index (κ1) is 31.1. The number of azide groups is 1. The molecule has 13 heteroatoms. The zero-order valence-electron chi connectivity index (χ0n) is 22.7. The van der Waals surface area contributed by atoms with E-state index in [9.17, 15) is 24.9 Å². The van der Waals surface area contributed by atoms with Crippen LogP contribution in [0.1, 0.15) is 44.5 Å². The van der Waals surface area contributed by atoms with Gasteiger partial charge in [0.05, 0.1) is 26.4 Å². The van der Waals surface area contributed by atoms with E-state index in [0.717, 1.165) is 0 Å². The maximum Gasteiger partial charge on any atom is 0.335 e. The summed E-state index contributed by atoms with van der Waals surface area (Å²) in [5.41, 5.74) is 8.00. The second-order valence-corrected chi connectivity index (χ2v) is 11.0. The van der Waals surface area contributed by atoms with E-state index < -0.39 is 36.0 Å². The first-order valence-electron chi connectivity index (χ1n) is 12.1. The predicted molar refractivity (Wildman–Crippen MR) is 135 cm³/mol. The Kier molecular flexibility index (Phi) is 10.7. The number of esters is 1. The van der Waals surface area contributed by atoms with Crippen molar-refractivity contribution < 1.29 is 43.9 Å². The number of carbonyl (C=O) groups excluding carboxylic acids is 2. The largest absolute Gasteiger partial charge is 0.504 e.